The van der Waals surface area contributed by atoms with E-state index in [9.17, 15) is 13.2 Å². The van der Waals surface area contributed by atoms with Crippen LogP contribution in [0, 0.1) is 0 Å². The number of nitrogens with one attached hydrogen (secondary N) is 1. The van der Waals surface area contributed by atoms with Crippen molar-refractivity contribution in [3.8, 4) is 0 Å². The number of hydrogen-bond acceptors (Lipinski definition) is 3. The average Bonchev–Trinajstić information content (AvgIpc) is 2.92. The van der Waals surface area contributed by atoms with Crippen LogP contribution >= 0.6 is 0 Å². The molecule has 0 saturated carbocycles. The van der Waals surface area contributed by atoms with Crippen LogP contribution in [0.2, 0.25) is 0 Å². The largest absolute Gasteiger partial charge is 0.323 e. The van der Waals surface area contributed by atoms with Gasteiger partial charge in [0.15, 0.2) is 5.78 Å². The molecule has 2 aromatic carbocycles. The molecule has 0 atom stereocenters. The Bertz CT molecular complexity index is 814. The van der Waals surface area contributed by atoms with Crippen molar-refractivity contribution >= 4 is 27.4 Å². The fraction of sp³-hybridized carbons (Fsp3) is 0.188. The first-order valence-electron chi connectivity index (χ1n) is 6.97. The summed E-state index contributed by atoms with van der Waals surface area (Å²) < 4.78 is 29.0. The molecule has 1 heterocycles. The molecule has 0 spiro atoms. The first-order chi connectivity index (χ1) is 10.5. The molecule has 0 amide bonds. The lowest BCUT2D eigenvalue weighted by molar-refractivity contribution is 0.101. The van der Waals surface area contributed by atoms with Crippen molar-refractivity contribution in [1.29, 1.82) is 0 Å². The van der Waals surface area contributed by atoms with Crippen molar-refractivity contribution in [2.75, 3.05) is 15.6 Å². The van der Waals surface area contributed by atoms with Gasteiger partial charge in [0.25, 0.3) is 0 Å². The Morgan fingerprint density at radius 2 is 1.77 bits per heavy atom. The number of nitrogens with zero attached hydrogens (tertiary/aromatic N) is 1. The maximum atomic E-state index is 12.5. The maximum absolute atomic E-state index is 12.5. The number of hydrogen-bond donors (Lipinski definition) is 1. The van der Waals surface area contributed by atoms with Gasteiger partial charge in [0.2, 0.25) is 0 Å². The molecule has 0 aromatic heterocycles. The van der Waals surface area contributed by atoms with Gasteiger partial charge < -0.3 is 0 Å². The highest BCUT2D eigenvalue weighted by Crippen LogP contribution is 2.30. The number of Topliss-reactive ketones (excluding diaryl/α,β-unsaturated/α-hetero) is 1. The topological polar surface area (TPSA) is 66.5 Å². The van der Waals surface area contributed by atoms with Crippen LogP contribution in [0.15, 0.2) is 48.5 Å². The summed E-state index contributed by atoms with van der Waals surface area (Å²) in [5, 5.41) is 0. The lowest BCUT2D eigenvalue weighted by atomic mass is 10.1. The molecular weight excluding hydrogens is 300 g/mol. The van der Waals surface area contributed by atoms with Gasteiger partial charge in [0.1, 0.15) is 0 Å². The predicted molar refractivity (Wildman–Crippen MR) is 86.5 cm³/mol. The molecule has 1 aliphatic heterocycles. The summed E-state index contributed by atoms with van der Waals surface area (Å²) in [5.74, 6) is -0.0529. The van der Waals surface area contributed by atoms with E-state index in [1.165, 1.54) is 11.2 Å². The third kappa shape index (κ3) is 2.69. The molecular formula is C16H16N2O3S. The number of carbonyl (C=O) groups excluding carboxylic acids is 1. The molecule has 0 saturated heterocycles. The van der Waals surface area contributed by atoms with Crippen LogP contribution in [0.1, 0.15) is 22.8 Å². The number of anilines is 2. The highest BCUT2D eigenvalue weighted by Gasteiger charge is 2.28. The number of fused-ring (bicyclic) bond motifs is 1. The zero-order valence-electron chi connectivity index (χ0n) is 12.1. The molecule has 1 aliphatic rings. The summed E-state index contributed by atoms with van der Waals surface area (Å²) in [6.45, 7) is 1.90. The third-order valence-electron chi connectivity index (χ3n) is 3.67. The molecule has 5 nitrogen and oxygen atoms in total. The molecule has 1 N–H and O–H groups in total. The summed E-state index contributed by atoms with van der Waals surface area (Å²) in [6.07, 6.45) is 0.709. The Morgan fingerprint density at radius 3 is 2.45 bits per heavy atom. The minimum absolute atomic E-state index is 0.0529. The second-order valence-corrected chi connectivity index (χ2v) is 6.79. The van der Waals surface area contributed by atoms with Crippen molar-refractivity contribution in [3.63, 3.8) is 0 Å². The average molecular weight is 316 g/mol. The predicted octanol–water partition coefficient (Wildman–Crippen LogP) is 2.61. The SMILES string of the molecule is CC(=O)c1ccc(NS(=O)(=O)N2CCc3ccccc32)cc1. The van der Waals surface area contributed by atoms with E-state index in [-0.39, 0.29) is 5.78 Å². The smallest absolute Gasteiger partial charge is 0.295 e. The van der Waals surface area contributed by atoms with Crippen molar-refractivity contribution in [1.82, 2.24) is 0 Å². The van der Waals surface area contributed by atoms with Crippen LogP contribution in [0.3, 0.4) is 0 Å². The van der Waals surface area contributed by atoms with Crippen molar-refractivity contribution in [2.24, 2.45) is 0 Å². The van der Waals surface area contributed by atoms with E-state index in [0.717, 1.165) is 11.3 Å². The fourth-order valence-electron chi connectivity index (χ4n) is 2.53. The first kappa shape index (κ1) is 14.6. The zero-order valence-corrected chi connectivity index (χ0v) is 12.9. The van der Waals surface area contributed by atoms with Crippen LogP contribution < -0.4 is 9.03 Å². The monoisotopic (exact) mass is 316 g/mol. The molecule has 0 radical (unpaired) electrons. The Balaban J connectivity index is 1.84. The summed E-state index contributed by atoms with van der Waals surface area (Å²) in [4.78, 5) is 11.2. The van der Waals surface area contributed by atoms with E-state index in [2.05, 4.69) is 4.72 Å². The quantitative estimate of drug-likeness (QED) is 0.882. The number of rotatable bonds is 4. The third-order valence-corrected chi connectivity index (χ3v) is 5.13. The standard InChI is InChI=1S/C16H16N2O3S/c1-12(19)13-6-8-15(9-7-13)17-22(20,21)18-11-10-14-4-2-3-5-16(14)18/h2-9,17H,10-11H2,1H3. The van der Waals surface area contributed by atoms with Gasteiger partial charge in [-0.3, -0.25) is 13.8 Å². The molecule has 0 bridgehead atoms. The summed E-state index contributed by atoms with van der Waals surface area (Å²) in [6, 6.07) is 13.9. The van der Waals surface area contributed by atoms with E-state index in [1.54, 1.807) is 30.3 Å². The summed E-state index contributed by atoms with van der Waals surface area (Å²) in [7, 11) is -3.66. The van der Waals surface area contributed by atoms with Gasteiger partial charge in [-0.1, -0.05) is 18.2 Å². The second-order valence-electron chi connectivity index (χ2n) is 5.19. The molecule has 6 heteroatoms. The molecule has 0 aliphatic carbocycles. The van der Waals surface area contributed by atoms with Gasteiger partial charge in [0.05, 0.1) is 11.4 Å². The molecule has 2 aromatic rings. The van der Waals surface area contributed by atoms with Gasteiger partial charge in [-0.15, -0.1) is 0 Å². The summed E-state index contributed by atoms with van der Waals surface area (Å²) >= 11 is 0. The van der Waals surface area contributed by atoms with Crippen LogP contribution in [0.25, 0.3) is 0 Å². The second kappa shape index (κ2) is 5.46. The van der Waals surface area contributed by atoms with Crippen molar-refractivity contribution in [2.45, 2.75) is 13.3 Å². The Hall–Kier alpha value is -2.34. The highest BCUT2D eigenvalue weighted by molar-refractivity contribution is 7.94. The van der Waals surface area contributed by atoms with Crippen LogP contribution in [-0.4, -0.2) is 20.7 Å². The van der Waals surface area contributed by atoms with Gasteiger partial charge in [0, 0.05) is 12.1 Å². The van der Waals surface area contributed by atoms with Crippen molar-refractivity contribution < 1.29 is 13.2 Å². The fourth-order valence-corrected chi connectivity index (χ4v) is 3.85. The Morgan fingerprint density at radius 1 is 1.09 bits per heavy atom. The number of carbonyl (C=O) groups is 1. The molecule has 0 unspecified atom stereocenters. The number of para-hydroxylation sites is 1. The van der Waals surface area contributed by atoms with E-state index in [4.69, 9.17) is 0 Å². The molecule has 0 fully saturated rings. The molecule has 3 rings (SSSR count). The van der Waals surface area contributed by atoms with Crippen LogP contribution in [-0.2, 0) is 16.6 Å². The normalized spacial score (nSPS) is 13.8. The van der Waals surface area contributed by atoms with Gasteiger partial charge in [-0.25, -0.2) is 0 Å². The Kier molecular flexibility index (Phi) is 3.62. The van der Waals surface area contributed by atoms with Gasteiger partial charge in [-0.2, -0.15) is 8.42 Å². The molecule has 22 heavy (non-hydrogen) atoms. The summed E-state index contributed by atoms with van der Waals surface area (Å²) in [5.41, 5.74) is 2.74. The minimum Gasteiger partial charge on any atom is -0.295 e. The maximum Gasteiger partial charge on any atom is 0.323 e. The number of benzene rings is 2. The zero-order chi connectivity index (χ0) is 15.7. The van der Waals surface area contributed by atoms with Crippen LogP contribution in [0.5, 0.6) is 0 Å². The minimum atomic E-state index is -3.66. The lowest BCUT2D eigenvalue weighted by Gasteiger charge is -2.20. The van der Waals surface area contributed by atoms with Gasteiger partial charge >= 0.3 is 10.2 Å². The highest BCUT2D eigenvalue weighted by atomic mass is 32.2. The lowest BCUT2D eigenvalue weighted by Crippen LogP contribution is -2.34. The Labute approximate surface area is 129 Å². The molecule has 114 valence electrons. The van der Waals surface area contributed by atoms with E-state index in [1.807, 2.05) is 18.2 Å². The van der Waals surface area contributed by atoms with E-state index >= 15 is 0 Å². The van der Waals surface area contributed by atoms with Crippen LogP contribution in [0.4, 0.5) is 11.4 Å². The van der Waals surface area contributed by atoms with E-state index in [0.29, 0.717) is 24.2 Å². The number of ketones is 1. The van der Waals surface area contributed by atoms with E-state index < -0.39 is 10.2 Å². The first-order valence-corrected chi connectivity index (χ1v) is 8.41. The van der Waals surface area contributed by atoms with Gasteiger partial charge in [-0.05, 0) is 49.2 Å². The van der Waals surface area contributed by atoms with Crippen molar-refractivity contribution in [3.05, 3.63) is 59.7 Å².